The van der Waals surface area contributed by atoms with Gasteiger partial charge in [0.25, 0.3) is 0 Å². The van der Waals surface area contributed by atoms with Crippen molar-refractivity contribution >= 4 is 0 Å². The van der Waals surface area contributed by atoms with Crippen molar-refractivity contribution in [2.24, 2.45) is 0 Å². The summed E-state index contributed by atoms with van der Waals surface area (Å²) in [6.07, 6.45) is 0. The molecule has 2 nitrogen and oxygen atoms in total. The molecule has 0 saturated heterocycles. The van der Waals surface area contributed by atoms with Crippen LogP contribution < -0.4 is 5.32 Å². The lowest BCUT2D eigenvalue weighted by molar-refractivity contribution is 0.275. The summed E-state index contributed by atoms with van der Waals surface area (Å²) >= 11 is 0. The van der Waals surface area contributed by atoms with Crippen LogP contribution in [-0.2, 0) is 6.54 Å². The standard InChI is InChI=1S/C12H18N2/c1-9-4-5-10-7-13-8-12(14(2)3)11(10)6-9/h4-6,12-13H,7-8H2,1-3H3/t12-/m0/s1. The first-order chi connectivity index (χ1) is 6.68. The Bertz CT molecular complexity index is 331. The zero-order valence-corrected chi connectivity index (χ0v) is 9.17. The second kappa shape index (κ2) is 3.71. The monoisotopic (exact) mass is 190 g/mol. The zero-order chi connectivity index (χ0) is 10.1. The van der Waals surface area contributed by atoms with E-state index in [1.165, 1.54) is 16.7 Å². The highest BCUT2D eigenvalue weighted by atomic mass is 15.1. The van der Waals surface area contributed by atoms with E-state index in [4.69, 9.17) is 0 Å². The van der Waals surface area contributed by atoms with Gasteiger partial charge in [0, 0.05) is 19.1 Å². The Morgan fingerprint density at radius 2 is 2.14 bits per heavy atom. The van der Waals surface area contributed by atoms with Gasteiger partial charge in [0.05, 0.1) is 0 Å². The Morgan fingerprint density at radius 1 is 1.36 bits per heavy atom. The lowest BCUT2D eigenvalue weighted by Gasteiger charge is -2.31. The molecule has 2 heteroatoms. The van der Waals surface area contributed by atoms with Crippen LogP contribution in [0.25, 0.3) is 0 Å². The number of nitrogens with one attached hydrogen (secondary N) is 1. The van der Waals surface area contributed by atoms with Gasteiger partial charge in [-0.05, 0) is 32.1 Å². The van der Waals surface area contributed by atoms with E-state index in [0.717, 1.165) is 13.1 Å². The normalized spacial score (nSPS) is 21.0. The molecule has 0 bridgehead atoms. The van der Waals surface area contributed by atoms with Crippen LogP contribution in [0.5, 0.6) is 0 Å². The molecule has 0 amide bonds. The number of fused-ring (bicyclic) bond motifs is 1. The van der Waals surface area contributed by atoms with Crippen molar-refractivity contribution in [3.8, 4) is 0 Å². The van der Waals surface area contributed by atoms with Crippen molar-refractivity contribution in [1.29, 1.82) is 0 Å². The quantitative estimate of drug-likeness (QED) is 0.725. The maximum atomic E-state index is 3.45. The van der Waals surface area contributed by atoms with Crippen molar-refractivity contribution < 1.29 is 0 Å². The summed E-state index contributed by atoms with van der Waals surface area (Å²) < 4.78 is 0. The molecule has 1 heterocycles. The fourth-order valence-corrected chi connectivity index (χ4v) is 2.10. The second-order valence-electron chi connectivity index (χ2n) is 4.31. The van der Waals surface area contributed by atoms with Crippen LogP contribution in [0.1, 0.15) is 22.7 Å². The summed E-state index contributed by atoms with van der Waals surface area (Å²) in [5, 5.41) is 3.45. The van der Waals surface area contributed by atoms with Crippen molar-refractivity contribution in [3.63, 3.8) is 0 Å². The largest absolute Gasteiger partial charge is 0.311 e. The van der Waals surface area contributed by atoms with Gasteiger partial charge < -0.3 is 10.2 Å². The van der Waals surface area contributed by atoms with Gasteiger partial charge in [-0.1, -0.05) is 23.8 Å². The Hall–Kier alpha value is -0.860. The third kappa shape index (κ3) is 1.68. The zero-order valence-electron chi connectivity index (χ0n) is 9.17. The molecule has 0 unspecified atom stereocenters. The van der Waals surface area contributed by atoms with Crippen LogP contribution in [0.15, 0.2) is 18.2 Å². The minimum atomic E-state index is 0.527. The number of hydrogen-bond donors (Lipinski definition) is 1. The highest BCUT2D eigenvalue weighted by molar-refractivity contribution is 5.35. The molecule has 0 saturated carbocycles. The molecule has 0 spiro atoms. The van der Waals surface area contributed by atoms with Gasteiger partial charge in [-0.25, -0.2) is 0 Å². The lowest BCUT2D eigenvalue weighted by atomic mass is 9.94. The van der Waals surface area contributed by atoms with E-state index in [2.05, 4.69) is 49.4 Å². The second-order valence-corrected chi connectivity index (χ2v) is 4.31. The maximum absolute atomic E-state index is 3.45. The fraction of sp³-hybridized carbons (Fsp3) is 0.500. The molecule has 14 heavy (non-hydrogen) atoms. The molecule has 76 valence electrons. The summed E-state index contributed by atoms with van der Waals surface area (Å²) in [5.74, 6) is 0. The van der Waals surface area contributed by atoms with Crippen molar-refractivity contribution in [2.45, 2.75) is 19.5 Å². The van der Waals surface area contributed by atoms with E-state index >= 15 is 0 Å². The third-order valence-corrected chi connectivity index (χ3v) is 2.94. The Morgan fingerprint density at radius 3 is 2.86 bits per heavy atom. The van der Waals surface area contributed by atoms with Gasteiger partial charge in [-0.15, -0.1) is 0 Å². The van der Waals surface area contributed by atoms with Crippen molar-refractivity contribution in [1.82, 2.24) is 10.2 Å². The van der Waals surface area contributed by atoms with E-state index in [1.807, 2.05) is 0 Å². The molecular weight excluding hydrogens is 172 g/mol. The summed E-state index contributed by atoms with van der Waals surface area (Å²) in [6, 6.07) is 7.28. The molecule has 0 radical (unpaired) electrons. The van der Waals surface area contributed by atoms with Crippen LogP contribution in [0, 0.1) is 6.92 Å². The molecule has 2 rings (SSSR count). The number of nitrogens with zero attached hydrogens (tertiary/aromatic N) is 1. The highest BCUT2D eigenvalue weighted by Gasteiger charge is 2.20. The lowest BCUT2D eigenvalue weighted by Crippen LogP contribution is -2.35. The number of rotatable bonds is 1. The predicted molar refractivity (Wildman–Crippen MR) is 59.3 cm³/mol. The Labute approximate surface area is 85.9 Å². The van der Waals surface area contributed by atoms with Gasteiger partial charge in [0.15, 0.2) is 0 Å². The molecule has 1 N–H and O–H groups in total. The molecule has 1 aromatic carbocycles. The van der Waals surface area contributed by atoms with Gasteiger partial charge in [0.1, 0.15) is 0 Å². The van der Waals surface area contributed by atoms with E-state index in [-0.39, 0.29) is 0 Å². The molecular formula is C12H18N2. The topological polar surface area (TPSA) is 15.3 Å². The molecule has 1 aromatic rings. The van der Waals surface area contributed by atoms with Crippen LogP contribution >= 0.6 is 0 Å². The average molecular weight is 190 g/mol. The summed E-state index contributed by atoms with van der Waals surface area (Å²) in [6.45, 7) is 4.23. The van der Waals surface area contributed by atoms with E-state index in [1.54, 1.807) is 0 Å². The van der Waals surface area contributed by atoms with Crippen molar-refractivity contribution in [2.75, 3.05) is 20.6 Å². The first-order valence-electron chi connectivity index (χ1n) is 5.15. The van der Waals surface area contributed by atoms with Crippen LogP contribution in [-0.4, -0.2) is 25.5 Å². The van der Waals surface area contributed by atoms with Gasteiger partial charge in [-0.2, -0.15) is 0 Å². The Balaban J connectivity index is 2.41. The molecule has 0 aliphatic carbocycles. The van der Waals surface area contributed by atoms with E-state index in [0.29, 0.717) is 6.04 Å². The van der Waals surface area contributed by atoms with Crippen molar-refractivity contribution in [3.05, 3.63) is 34.9 Å². The van der Waals surface area contributed by atoms with Crippen LogP contribution in [0.2, 0.25) is 0 Å². The number of benzene rings is 1. The number of hydrogen-bond acceptors (Lipinski definition) is 2. The summed E-state index contributed by atoms with van der Waals surface area (Å²) in [7, 11) is 4.29. The van der Waals surface area contributed by atoms with Gasteiger partial charge in [0.2, 0.25) is 0 Å². The summed E-state index contributed by atoms with van der Waals surface area (Å²) in [4.78, 5) is 2.28. The predicted octanol–water partition coefficient (Wildman–Crippen LogP) is 1.70. The Kier molecular flexibility index (Phi) is 2.57. The van der Waals surface area contributed by atoms with Crippen LogP contribution in [0.4, 0.5) is 0 Å². The number of likely N-dealkylation sites (N-methyl/N-ethyl adjacent to an activating group) is 1. The summed E-state index contributed by atoms with van der Waals surface area (Å²) in [5.41, 5.74) is 4.30. The SMILES string of the molecule is Cc1ccc2c(c1)[C@@H](N(C)C)CNC2. The maximum Gasteiger partial charge on any atom is 0.0470 e. The minimum Gasteiger partial charge on any atom is -0.311 e. The highest BCUT2D eigenvalue weighted by Crippen LogP contribution is 2.26. The molecule has 0 aromatic heterocycles. The smallest absolute Gasteiger partial charge is 0.0470 e. The first-order valence-corrected chi connectivity index (χ1v) is 5.15. The molecule has 0 fully saturated rings. The minimum absolute atomic E-state index is 0.527. The van der Waals surface area contributed by atoms with Gasteiger partial charge in [-0.3, -0.25) is 0 Å². The third-order valence-electron chi connectivity index (χ3n) is 2.94. The first kappa shape index (κ1) is 9.69. The fourth-order valence-electron chi connectivity index (χ4n) is 2.10. The number of aryl methyl sites for hydroxylation is 1. The van der Waals surface area contributed by atoms with Gasteiger partial charge >= 0.3 is 0 Å². The average Bonchev–Trinajstić information content (AvgIpc) is 2.16. The van der Waals surface area contributed by atoms with E-state index in [9.17, 15) is 0 Å². The van der Waals surface area contributed by atoms with Crippen LogP contribution in [0.3, 0.4) is 0 Å². The molecule has 1 aliphatic rings. The molecule has 1 aliphatic heterocycles. The van der Waals surface area contributed by atoms with E-state index < -0.39 is 0 Å². The molecule has 1 atom stereocenters.